The predicted octanol–water partition coefficient (Wildman–Crippen LogP) is 7.07. The van der Waals surface area contributed by atoms with Gasteiger partial charge in [0, 0.05) is 46.4 Å². The molecule has 0 fully saturated rings. The van der Waals surface area contributed by atoms with Gasteiger partial charge in [0.2, 0.25) is 0 Å². The van der Waals surface area contributed by atoms with Crippen molar-refractivity contribution in [1.82, 2.24) is 9.47 Å². The van der Waals surface area contributed by atoms with Crippen LogP contribution in [-0.2, 0) is 13.5 Å². The van der Waals surface area contributed by atoms with Crippen molar-refractivity contribution in [2.75, 3.05) is 19.6 Å². The van der Waals surface area contributed by atoms with Crippen molar-refractivity contribution >= 4 is 28.2 Å². The molecule has 1 aliphatic rings. The Labute approximate surface area is 194 Å². The summed E-state index contributed by atoms with van der Waals surface area (Å²) in [6, 6.07) is 11.9. The molecule has 1 aliphatic heterocycles. The van der Waals surface area contributed by atoms with Crippen LogP contribution in [0.15, 0.2) is 53.4 Å². The van der Waals surface area contributed by atoms with Crippen molar-refractivity contribution in [2.24, 2.45) is 7.05 Å². The summed E-state index contributed by atoms with van der Waals surface area (Å²) in [4.78, 5) is 3.61. The van der Waals surface area contributed by atoms with E-state index in [1.54, 1.807) is 12.1 Å². The van der Waals surface area contributed by atoms with E-state index in [4.69, 9.17) is 0 Å². The molecule has 170 valence electrons. The molecule has 2 heterocycles. The molecule has 0 radical (unpaired) electrons. The molecular weight excluding hydrogens is 422 g/mol. The number of aromatic nitrogens is 1. The van der Waals surface area contributed by atoms with E-state index in [0.29, 0.717) is 0 Å². The van der Waals surface area contributed by atoms with Gasteiger partial charge in [0.15, 0.2) is 0 Å². The van der Waals surface area contributed by atoms with Crippen LogP contribution in [0.25, 0.3) is 16.5 Å². The summed E-state index contributed by atoms with van der Waals surface area (Å²) in [6.07, 6.45) is 5.36. The molecule has 0 unspecified atom stereocenters. The van der Waals surface area contributed by atoms with Crippen LogP contribution in [0, 0.1) is 11.6 Å². The van der Waals surface area contributed by atoms with Gasteiger partial charge in [-0.2, -0.15) is 0 Å². The van der Waals surface area contributed by atoms with E-state index in [2.05, 4.69) is 36.3 Å². The molecule has 4 rings (SSSR count). The highest BCUT2D eigenvalue weighted by molar-refractivity contribution is 8.00. The van der Waals surface area contributed by atoms with Gasteiger partial charge in [-0.1, -0.05) is 26.8 Å². The maximum atomic E-state index is 13.8. The van der Waals surface area contributed by atoms with E-state index in [0.717, 1.165) is 54.7 Å². The quantitative estimate of drug-likeness (QED) is 0.353. The van der Waals surface area contributed by atoms with Crippen LogP contribution in [-0.4, -0.2) is 33.8 Å². The summed E-state index contributed by atoms with van der Waals surface area (Å²) < 4.78 is 29.2. The average Bonchev–Trinajstić information content (AvgIpc) is 3.05. The Bertz CT molecular complexity index is 1130. The average molecular weight is 455 g/mol. The second-order valence-electron chi connectivity index (χ2n) is 9.24. The molecule has 0 spiro atoms. The highest BCUT2D eigenvalue weighted by Crippen LogP contribution is 2.37. The maximum Gasteiger partial charge on any atom is 0.125 e. The largest absolute Gasteiger partial charge is 0.347 e. The summed E-state index contributed by atoms with van der Waals surface area (Å²) in [5.41, 5.74) is 4.94. The number of thioether (sulfide) groups is 1. The molecule has 1 aromatic heterocycles. The van der Waals surface area contributed by atoms with Gasteiger partial charge in [-0.15, -0.1) is 11.8 Å². The molecule has 5 heteroatoms. The number of halogens is 2. The van der Waals surface area contributed by atoms with Crippen LogP contribution in [0.1, 0.15) is 44.9 Å². The molecule has 2 aromatic carbocycles. The van der Waals surface area contributed by atoms with Crippen LogP contribution in [0.5, 0.6) is 0 Å². The topological polar surface area (TPSA) is 8.17 Å². The minimum atomic E-state index is -0.189. The van der Waals surface area contributed by atoms with Gasteiger partial charge >= 0.3 is 0 Å². The summed E-state index contributed by atoms with van der Waals surface area (Å²) in [5.74, 6) is -0.372. The standard InChI is InChI=1S/C27H32F2N2S/c1-5-24-26(23-11-8-21(29)18-25(23)30(24)4)19-12-15-31(16-13-19)17-14-27(2,3)32-22-9-6-20(28)7-10-22/h6-12,18H,5,13-17H2,1-4H3. The van der Waals surface area contributed by atoms with Gasteiger partial charge in [-0.05, 0) is 73.8 Å². The Morgan fingerprint density at radius 1 is 1.03 bits per heavy atom. The molecule has 0 aliphatic carbocycles. The Morgan fingerprint density at radius 2 is 1.75 bits per heavy atom. The Kier molecular flexibility index (Phi) is 6.78. The third-order valence-electron chi connectivity index (χ3n) is 6.47. The Balaban J connectivity index is 1.44. The van der Waals surface area contributed by atoms with Crippen LogP contribution in [0.2, 0.25) is 0 Å². The third-order valence-corrected chi connectivity index (χ3v) is 7.74. The smallest absolute Gasteiger partial charge is 0.125 e. The first kappa shape index (κ1) is 23.1. The van der Waals surface area contributed by atoms with E-state index in [1.165, 1.54) is 29.0 Å². The van der Waals surface area contributed by atoms with Gasteiger partial charge in [0.1, 0.15) is 11.6 Å². The monoisotopic (exact) mass is 454 g/mol. The lowest BCUT2D eigenvalue weighted by Gasteiger charge is -2.31. The van der Waals surface area contributed by atoms with E-state index >= 15 is 0 Å². The number of hydrogen-bond donors (Lipinski definition) is 0. The highest BCUT2D eigenvalue weighted by Gasteiger charge is 2.24. The van der Waals surface area contributed by atoms with Gasteiger partial charge in [0.25, 0.3) is 0 Å². The zero-order valence-corrected chi connectivity index (χ0v) is 20.2. The van der Waals surface area contributed by atoms with Crippen molar-refractivity contribution < 1.29 is 8.78 Å². The van der Waals surface area contributed by atoms with Gasteiger partial charge in [0.05, 0.1) is 5.52 Å². The summed E-state index contributed by atoms with van der Waals surface area (Å²) in [5, 5.41) is 1.15. The third kappa shape index (κ3) is 4.94. The van der Waals surface area contributed by atoms with E-state index in [-0.39, 0.29) is 16.4 Å². The zero-order valence-electron chi connectivity index (χ0n) is 19.4. The minimum Gasteiger partial charge on any atom is -0.347 e. The minimum absolute atomic E-state index is 0.0803. The summed E-state index contributed by atoms with van der Waals surface area (Å²) in [7, 11) is 2.04. The van der Waals surface area contributed by atoms with Gasteiger partial charge < -0.3 is 4.57 Å². The lowest BCUT2D eigenvalue weighted by molar-refractivity contribution is 0.288. The molecule has 0 bridgehead atoms. The molecule has 0 N–H and O–H groups in total. The fraction of sp³-hybridized carbons (Fsp3) is 0.407. The highest BCUT2D eigenvalue weighted by atomic mass is 32.2. The van der Waals surface area contributed by atoms with Crippen molar-refractivity contribution in [3.05, 3.63) is 71.4 Å². The van der Waals surface area contributed by atoms with Crippen molar-refractivity contribution in [3.8, 4) is 0 Å². The van der Waals surface area contributed by atoms with E-state index in [9.17, 15) is 8.78 Å². The number of hydrogen-bond acceptors (Lipinski definition) is 2. The van der Waals surface area contributed by atoms with E-state index in [1.807, 2.05) is 37.0 Å². The molecule has 0 atom stereocenters. The van der Waals surface area contributed by atoms with Crippen LogP contribution >= 0.6 is 11.8 Å². The second-order valence-corrected chi connectivity index (χ2v) is 11.0. The van der Waals surface area contributed by atoms with Crippen molar-refractivity contribution in [1.29, 1.82) is 0 Å². The zero-order chi connectivity index (χ0) is 22.9. The van der Waals surface area contributed by atoms with Crippen LogP contribution in [0.3, 0.4) is 0 Å². The van der Waals surface area contributed by atoms with Crippen LogP contribution < -0.4 is 0 Å². The van der Waals surface area contributed by atoms with Gasteiger partial charge in [-0.25, -0.2) is 8.78 Å². The number of aryl methyl sites for hydroxylation is 1. The summed E-state index contributed by atoms with van der Waals surface area (Å²) >= 11 is 1.81. The molecule has 0 saturated heterocycles. The Morgan fingerprint density at radius 3 is 2.41 bits per heavy atom. The number of benzene rings is 2. The molecule has 0 amide bonds. The normalized spacial score (nSPS) is 15.4. The van der Waals surface area contributed by atoms with Crippen molar-refractivity contribution in [2.45, 2.75) is 49.7 Å². The Hall–Kier alpha value is -2.11. The lowest BCUT2D eigenvalue weighted by Crippen LogP contribution is -2.33. The SMILES string of the molecule is CCc1c(C2=CCN(CCC(C)(C)Sc3ccc(F)cc3)CC2)c2ccc(F)cc2n1C. The number of fused-ring (bicyclic) bond motifs is 1. The number of nitrogens with zero attached hydrogens (tertiary/aromatic N) is 2. The van der Waals surface area contributed by atoms with Crippen molar-refractivity contribution in [3.63, 3.8) is 0 Å². The van der Waals surface area contributed by atoms with Crippen LogP contribution in [0.4, 0.5) is 8.78 Å². The molecule has 2 nitrogen and oxygen atoms in total. The molecule has 3 aromatic rings. The first-order valence-electron chi connectivity index (χ1n) is 11.4. The first-order chi connectivity index (χ1) is 15.3. The summed E-state index contributed by atoms with van der Waals surface area (Å²) in [6.45, 7) is 9.69. The molecular formula is C27H32F2N2S. The fourth-order valence-electron chi connectivity index (χ4n) is 4.68. The second kappa shape index (κ2) is 9.40. The first-order valence-corrected chi connectivity index (χ1v) is 12.2. The molecule has 0 saturated carbocycles. The predicted molar refractivity (Wildman–Crippen MR) is 132 cm³/mol. The number of rotatable bonds is 7. The maximum absolute atomic E-state index is 13.8. The van der Waals surface area contributed by atoms with E-state index < -0.39 is 0 Å². The molecule has 32 heavy (non-hydrogen) atoms. The van der Waals surface area contributed by atoms with Gasteiger partial charge in [-0.3, -0.25) is 4.90 Å². The lowest BCUT2D eigenvalue weighted by atomic mass is 9.95. The fourth-order valence-corrected chi connectivity index (χ4v) is 5.78.